The van der Waals surface area contributed by atoms with Gasteiger partial charge in [0.05, 0.1) is 10.9 Å². The third-order valence-corrected chi connectivity index (χ3v) is 4.37. The highest BCUT2D eigenvalue weighted by molar-refractivity contribution is 9.10. The van der Waals surface area contributed by atoms with Crippen LogP contribution < -0.4 is 5.32 Å². The predicted molar refractivity (Wildman–Crippen MR) is 89.6 cm³/mol. The molecule has 3 aromatic rings. The molecule has 2 aromatic heterocycles. The fourth-order valence-electron chi connectivity index (χ4n) is 1.86. The van der Waals surface area contributed by atoms with Gasteiger partial charge in [-0.15, -0.1) is 10.2 Å². The van der Waals surface area contributed by atoms with Gasteiger partial charge in [-0.1, -0.05) is 23.5 Å². The molecule has 0 aliphatic heterocycles. The highest BCUT2D eigenvalue weighted by atomic mass is 79.9. The van der Waals surface area contributed by atoms with Gasteiger partial charge in [-0.2, -0.15) is 0 Å². The van der Waals surface area contributed by atoms with E-state index in [1.807, 2.05) is 18.2 Å². The molecule has 5 nitrogen and oxygen atoms in total. The van der Waals surface area contributed by atoms with Crippen molar-refractivity contribution in [3.8, 4) is 10.7 Å². The molecule has 0 aliphatic carbocycles. The van der Waals surface area contributed by atoms with Crippen molar-refractivity contribution in [2.75, 3.05) is 5.32 Å². The molecule has 1 aromatic carbocycles. The van der Waals surface area contributed by atoms with Crippen molar-refractivity contribution in [1.29, 1.82) is 0 Å². The summed E-state index contributed by atoms with van der Waals surface area (Å²) in [6.45, 7) is 0. The summed E-state index contributed by atoms with van der Waals surface area (Å²) in [5, 5.41) is 11.7. The fourth-order valence-corrected chi connectivity index (χ4v) is 3.03. The smallest absolute Gasteiger partial charge is 0.230 e. The summed E-state index contributed by atoms with van der Waals surface area (Å²) < 4.78 is 13.5. The van der Waals surface area contributed by atoms with Gasteiger partial charge in [0.2, 0.25) is 11.0 Å². The number of carbonyl (C=O) groups excluding carboxylic acids is 1. The number of nitrogens with one attached hydrogen (secondary N) is 1. The Morgan fingerprint density at radius 1 is 1.26 bits per heavy atom. The van der Waals surface area contributed by atoms with Gasteiger partial charge < -0.3 is 5.32 Å². The number of rotatable bonds is 4. The number of anilines is 1. The summed E-state index contributed by atoms with van der Waals surface area (Å²) >= 11 is 4.34. The van der Waals surface area contributed by atoms with E-state index < -0.39 is 0 Å². The standard InChI is InChI=1S/C15H10BrFN4OS/c16-10-7-9(4-5-11(10)17)8-13(22)19-15-21-20-14(23-15)12-3-1-2-6-18-12/h1-7H,8H2,(H,19,21,22). The first-order valence-corrected chi connectivity index (χ1v) is 8.21. The lowest BCUT2D eigenvalue weighted by molar-refractivity contribution is -0.115. The summed E-state index contributed by atoms with van der Waals surface area (Å²) in [6.07, 6.45) is 1.79. The third kappa shape index (κ3) is 3.96. The SMILES string of the molecule is O=C(Cc1ccc(F)c(Br)c1)Nc1nnc(-c2ccccn2)s1. The fraction of sp³-hybridized carbons (Fsp3) is 0.0667. The second kappa shape index (κ2) is 6.93. The molecule has 0 saturated heterocycles. The van der Waals surface area contributed by atoms with Crippen LogP contribution in [0.15, 0.2) is 47.1 Å². The Labute approximate surface area is 143 Å². The van der Waals surface area contributed by atoms with Gasteiger partial charge in [0.25, 0.3) is 0 Å². The van der Waals surface area contributed by atoms with Crippen LogP contribution in [0, 0.1) is 5.82 Å². The van der Waals surface area contributed by atoms with Gasteiger partial charge in [0.15, 0.2) is 5.01 Å². The zero-order valence-corrected chi connectivity index (χ0v) is 14.1. The van der Waals surface area contributed by atoms with Crippen LogP contribution in [0.2, 0.25) is 0 Å². The lowest BCUT2D eigenvalue weighted by atomic mass is 10.1. The maximum Gasteiger partial charge on any atom is 0.230 e. The number of carbonyl (C=O) groups is 1. The minimum atomic E-state index is -0.363. The Bertz CT molecular complexity index is 841. The summed E-state index contributed by atoms with van der Waals surface area (Å²) in [7, 11) is 0. The maximum atomic E-state index is 13.2. The number of benzene rings is 1. The van der Waals surface area contributed by atoms with E-state index in [2.05, 4.69) is 36.4 Å². The van der Waals surface area contributed by atoms with Gasteiger partial charge in [-0.05, 0) is 45.8 Å². The van der Waals surface area contributed by atoms with E-state index in [9.17, 15) is 9.18 Å². The number of halogens is 2. The zero-order valence-electron chi connectivity index (χ0n) is 11.7. The van der Waals surface area contributed by atoms with Crippen LogP contribution in [0.4, 0.5) is 9.52 Å². The topological polar surface area (TPSA) is 67.8 Å². The molecule has 0 spiro atoms. The van der Waals surface area contributed by atoms with Crippen LogP contribution in [0.25, 0.3) is 10.7 Å². The minimum Gasteiger partial charge on any atom is -0.300 e. The van der Waals surface area contributed by atoms with Crippen LogP contribution in [0.5, 0.6) is 0 Å². The van der Waals surface area contributed by atoms with Gasteiger partial charge in [-0.3, -0.25) is 9.78 Å². The molecule has 3 rings (SSSR count). The average Bonchev–Trinajstić information content (AvgIpc) is 3.00. The van der Waals surface area contributed by atoms with Gasteiger partial charge in [0.1, 0.15) is 11.5 Å². The molecule has 23 heavy (non-hydrogen) atoms. The Kier molecular flexibility index (Phi) is 4.73. The van der Waals surface area contributed by atoms with Crippen LogP contribution in [-0.4, -0.2) is 21.1 Å². The molecule has 0 bridgehead atoms. The Hall–Kier alpha value is -2.19. The third-order valence-electron chi connectivity index (χ3n) is 2.90. The highest BCUT2D eigenvalue weighted by Crippen LogP contribution is 2.24. The van der Waals surface area contributed by atoms with Crippen molar-refractivity contribution in [2.45, 2.75) is 6.42 Å². The monoisotopic (exact) mass is 392 g/mol. The number of nitrogens with zero attached hydrogens (tertiary/aromatic N) is 3. The van der Waals surface area contributed by atoms with Gasteiger partial charge >= 0.3 is 0 Å². The van der Waals surface area contributed by atoms with E-state index in [0.29, 0.717) is 25.9 Å². The average molecular weight is 393 g/mol. The minimum absolute atomic E-state index is 0.122. The number of amides is 1. The molecule has 1 amide bonds. The van der Waals surface area contributed by atoms with E-state index in [0.717, 1.165) is 0 Å². The second-order valence-corrected chi connectivity index (χ2v) is 6.43. The first-order chi connectivity index (χ1) is 11.1. The largest absolute Gasteiger partial charge is 0.300 e. The van der Waals surface area contributed by atoms with E-state index in [-0.39, 0.29) is 18.1 Å². The lowest BCUT2D eigenvalue weighted by Gasteiger charge is -2.02. The molecule has 0 radical (unpaired) electrons. The predicted octanol–water partition coefficient (Wildman–Crippen LogP) is 3.68. The Balaban J connectivity index is 1.66. The lowest BCUT2D eigenvalue weighted by Crippen LogP contribution is -2.14. The van der Waals surface area contributed by atoms with Crippen LogP contribution in [-0.2, 0) is 11.2 Å². The van der Waals surface area contributed by atoms with Crippen molar-refractivity contribution >= 4 is 38.3 Å². The normalized spacial score (nSPS) is 10.5. The maximum absolute atomic E-state index is 13.2. The first kappa shape index (κ1) is 15.7. The molecule has 2 heterocycles. The molecular formula is C15H10BrFN4OS. The summed E-state index contributed by atoms with van der Waals surface area (Å²) in [6, 6.07) is 9.95. The number of aromatic nitrogens is 3. The molecule has 0 fully saturated rings. The van der Waals surface area contributed by atoms with Crippen molar-refractivity contribution in [1.82, 2.24) is 15.2 Å². The van der Waals surface area contributed by atoms with E-state index in [1.165, 1.54) is 17.4 Å². The van der Waals surface area contributed by atoms with Crippen molar-refractivity contribution in [2.24, 2.45) is 0 Å². The number of hydrogen-bond donors (Lipinski definition) is 1. The van der Waals surface area contributed by atoms with Gasteiger partial charge in [-0.25, -0.2) is 4.39 Å². The molecule has 0 atom stereocenters. The van der Waals surface area contributed by atoms with E-state index in [1.54, 1.807) is 18.3 Å². The molecule has 0 aliphatic rings. The Morgan fingerprint density at radius 3 is 2.87 bits per heavy atom. The molecular weight excluding hydrogens is 383 g/mol. The van der Waals surface area contributed by atoms with Crippen LogP contribution in [0.3, 0.4) is 0 Å². The molecule has 0 unspecified atom stereocenters. The highest BCUT2D eigenvalue weighted by Gasteiger charge is 2.11. The Morgan fingerprint density at radius 2 is 2.13 bits per heavy atom. The summed E-state index contributed by atoms with van der Waals surface area (Å²) in [5.74, 6) is -0.606. The first-order valence-electron chi connectivity index (χ1n) is 6.60. The number of pyridine rings is 1. The molecule has 0 saturated carbocycles. The second-order valence-electron chi connectivity index (χ2n) is 4.60. The summed E-state index contributed by atoms with van der Waals surface area (Å²) in [4.78, 5) is 16.2. The molecule has 1 N–H and O–H groups in total. The van der Waals surface area contributed by atoms with Crippen molar-refractivity contribution in [3.05, 3.63) is 58.4 Å². The van der Waals surface area contributed by atoms with E-state index >= 15 is 0 Å². The molecule has 116 valence electrons. The van der Waals surface area contributed by atoms with Crippen LogP contribution >= 0.6 is 27.3 Å². The number of hydrogen-bond acceptors (Lipinski definition) is 5. The van der Waals surface area contributed by atoms with Crippen molar-refractivity contribution in [3.63, 3.8) is 0 Å². The quantitative estimate of drug-likeness (QED) is 0.734. The van der Waals surface area contributed by atoms with Crippen LogP contribution in [0.1, 0.15) is 5.56 Å². The van der Waals surface area contributed by atoms with Gasteiger partial charge in [0, 0.05) is 6.20 Å². The zero-order chi connectivity index (χ0) is 16.2. The van der Waals surface area contributed by atoms with E-state index in [4.69, 9.17) is 0 Å². The summed E-state index contributed by atoms with van der Waals surface area (Å²) in [5.41, 5.74) is 1.40. The van der Waals surface area contributed by atoms with Crippen molar-refractivity contribution < 1.29 is 9.18 Å². The molecule has 8 heteroatoms.